The van der Waals surface area contributed by atoms with Crippen LogP contribution in [0.4, 0.5) is 0 Å². The maximum atomic E-state index is 11.0. The Balaban J connectivity index is 0.000000179. The van der Waals surface area contributed by atoms with Gasteiger partial charge in [0.15, 0.2) is 0 Å². The molecule has 0 amide bonds. The molecule has 0 atom stereocenters. The normalized spacial score (nSPS) is 17.4. The Morgan fingerprint density at radius 1 is 0.774 bits per heavy atom. The van der Waals surface area contributed by atoms with Crippen LogP contribution in [0.25, 0.3) is 0 Å². The molecule has 2 saturated heterocycles. The lowest BCUT2D eigenvalue weighted by molar-refractivity contribution is -0.121. The number of likely N-dealkylation sites (tertiary alicyclic amines) is 2. The van der Waals surface area contributed by atoms with Gasteiger partial charge in [0.2, 0.25) is 0 Å². The van der Waals surface area contributed by atoms with E-state index in [2.05, 4.69) is 70.5 Å². The van der Waals surface area contributed by atoms with E-state index < -0.39 is 0 Å². The number of carbonyl (C=O) groups is 1. The minimum atomic E-state index is 0.411. The summed E-state index contributed by atoms with van der Waals surface area (Å²) in [6, 6.07) is 23.3. The van der Waals surface area contributed by atoms with Crippen LogP contribution in [-0.2, 0) is 17.9 Å². The summed E-state index contributed by atoms with van der Waals surface area (Å²) < 4.78 is 0. The first-order valence-corrected chi connectivity index (χ1v) is 11.3. The van der Waals surface area contributed by atoms with E-state index in [0.717, 1.165) is 70.5 Å². The van der Waals surface area contributed by atoms with Crippen molar-refractivity contribution >= 4 is 5.78 Å². The smallest absolute Gasteiger partial charge is 0.135 e. The average Bonchev–Trinajstić information content (AvgIpc) is 2.82. The molecule has 2 fully saturated rings. The van der Waals surface area contributed by atoms with E-state index in [-0.39, 0.29) is 0 Å². The monoisotopic (exact) mass is 415 g/mol. The highest BCUT2D eigenvalue weighted by Crippen LogP contribution is 2.21. The van der Waals surface area contributed by atoms with Gasteiger partial charge in [0.25, 0.3) is 0 Å². The Bertz CT molecular complexity index is 879. The third-order valence-electron chi connectivity index (χ3n) is 6.07. The number of piperidine rings is 2. The van der Waals surface area contributed by atoms with Gasteiger partial charge in [-0.15, -0.1) is 0 Å². The molecule has 0 bridgehead atoms. The second-order valence-electron chi connectivity index (χ2n) is 8.40. The number of nitrogens with zero attached hydrogens (tertiary/aromatic N) is 3. The van der Waals surface area contributed by atoms with E-state index in [4.69, 9.17) is 5.26 Å². The molecule has 2 aromatic rings. The fourth-order valence-corrected chi connectivity index (χ4v) is 4.08. The maximum Gasteiger partial charge on any atom is 0.135 e. The molecule has 4 rings (SSSR count). The molecule has 0 spiro atoms. The first-order chi connectivity index (χ1) is 15.1. The van der Waals surface area contributed by atoms with Gasteiger partial charge in [-0.25, -0.2) is 0 Å². The molecule has 4 nitrogen and oxygen atoms in total. The van der Waals surface area contributed by atoms with Crippen LogP contribution >= 0.6 is 0 Å². The maximum absolute atomic E-state index is 11.0. The fourth-order valence-electron chi connectivity index (χ4n) is 4.08. The molecule has 162 valence electrons. The molecule has 2 aromatic carbocycles. The van der Waals surface area contributed by atoms with Gasteiger partial charge in [0.05, 0.1) is 6.07 Å². The number of rotatable bonds is 4. The summed E-state index contributed by atoms with van der Waals surface area (Å²) >= 11 is 0. The zero-order valence-corrected chi connectivity index (χ0v) is 18.6. The van der Waals surface area contributed by atoms with E-state index in [1.807, 2.05) is 13.0 Å². The van der Waals surface area contributed by atoms with E-state index >= 15 is 0 Å². The van der Waals surface area contributed by atoms with Crippen LogP contribution in [0.5, 0.6) is 0 Å². The zero-order chi connectivity index (χ0) is 21.9. The van der Waals surface area contributed by atoms with Crippen LogP contribution in [-0.4, -0.2) is 41.8 Å². The van der Waals surface area contributed by atoms with Crippen LogP contribution in [0.15, 0.2) is 71.8 Å². The van der Waals surface area contributed by atoms with Crippen molar-refractivity contribution < 1.29 is 4.79 Å². The van der Waals surface area contributed by atoms with Crippen molar-refractivity contribution in [1.29, 1.82) is 5.26 Å². The highest BCUT2D eigenvalue weighted by Gasteiger charge is 2.16. The molecular formula is C27H33N3O. The summed E-state index contributed by atoms with van der Waals surface area (Å²) in [7, 11) is 0. The first kappa shape index (κ1) is 22.9. The van der Waals surface area contributed by atoms with Crippen molar-refractivity contribution in [3.8, 4) is 6.07 Å². The van der Waals surface area contributed by atoms with Crippen LogP contribution < -0.4 is 0 Å². The predicted molar refractivity (Wildman–Crippen MR) is 125 cm³/mol. The van der Waals surface area contributed by atoms with Gasteiger partial charge in [0, 0.05) is 57.7 Å². The fraction of sp³-hybridized carbons (Fsp3) is 0.407. The van der Waals surface area contributed by atoms with Gasteiger partial charge in [-0.2, -0.15) is 5.26 Å². The number of nitriles is 1. The summed E-state index contributed by atoms with van der Waals surface area (Å²) in [5.74, 6) is 0.411. The average molecular weight is 416 g/mol. The van der Waals surface area contributed by atoms with Crippen molar-refractivity contribution in [1.82, 2.24) is 9.80 Å². The molecule has 0 N–H and O–H groups in total. The van der Waals surface area contributed by atoms with Gasteiger partial charge in [-0.05, 0) is 30.9 Å². The number of hydrogen-bond acceptors (Lipinski definition) is 4. The number of hydrogen-bond donors (Lipinski definition) is 0. The molecule has 4 heteroatoms. The SMILES string of the molecule is CC(C#N)=C1CCN(Cc2ccccc2)CC1.O=C1CCN(Cc2ccccc2)CC1. The zero-order valence-electron chi connectivity index (χ0n) is 18.6. The second kappa shape index (κ2) is 12.2. The van der Waals surface area contributed by atoms with Gasteiger partial charge in [-0.1, -0.05) is 66.2 Å². The molecule has 0 unspecified atom stereocenters. The van der Waals surface area contributed by atoms with Crippen LogP contribution in [0.2, 0.25) is 0 Å². The van der Waals surface area contributed by atoms with Crippen LogP contribution in [0.1, 0.15) is 43.7 Å². The molecular weight excluding hydrogens is 382 g/mol. The quantitative estimate of drug-likeness (QED) is 0.661. The standard InChI is InChI=1S/C15H18N2.C12H15NO/c1-13(11-16)15-7-9-17(10-8-15)12-14-5-3-2-4-6-14;14-12-6-8-13(9-7-12)10-11-4-2-1-3-5-11/h2-6H,7-10,12H2,1H3;1-5H,6-10H2. The molecule has 0 aromatic heterocycles. The topological polar surface area (TPSA) is 47.3 Å². The van der Waals surface area contributed by atoms with E-state index in [1.54, 1.807) is 0 Å². The third kappa shape index (κ3) is 7.79. The van der Waals surface area contributed by atoms with E-state index in [1.165, 1.54) is 16.7 Å². The molecule has 0 saturated carbocycles. The number of ketones is 1. The molecule has 0 aliphatic carbocycles. The lowest BCUT2D eigenvalue weighted by Crippen LogP contribution is -2.33. The Morgan fingerprint density at radius 2 is 1.19 bits per heavy atom. The summed E-state index contributed by atoms with van der Waals surface area (Å²) in [5, 5.41) is 8.87. The van der Waals surface area contributed by atoms with Crippen molar-refractivity contribution in [3.05, 3.63) is 82.9 Å². The Hall–Kier alpha value is -2.74. The van der Waals surface area contributed by atoms with Crippen LogP contribution in [0.3, 0.4) is 0 Å². The highest BCUT2D eigenvalue weighted by molar-refractivity contribution is 5.79. The molecule has 31 heavy (non-hydrogen) atoms. The van der Waals surface area contributed by atoms with E-state index in [9.17, 15) is 4.79 Å². The first-order valence-electron chi connectivity index (χ1n) is 11.3. The molecule has 2 aliphatic rings. The lowest BCUT2D eigenvalue weighted by Gasteiger charge is -2.28. The molecule has 2 aliphatic heterocycles. The predicted octanol–water partition coefficient (Wildman–Crippen LogP) is 4.97. The third-order valence-corrected chi connectivity index (χ3v) is 6.07. The second-order valence-corrected chi connectivity index (χ2v) is 8.40. The molecule has 0 radical (unpaired) electrons. The molecule has 2 heterocycles. The van der Waals surface area contributed by atoms with Gasteiger partial charge in [0.1, 0.15) is 5.78 Å². The summed E-state index contributed by atoms with van der Waals surface area (Å²) in [5.41, 5.74) is 4.97. The lowest BCUT2D eigenvalue weighted by atomic mass is 9.99. The van der Waals surface area contributed by atoms with Crippen LogP contribution in [0, 0.1) is 11.3 Å². The minimum absolute atomic E-state index is 0.411. The van der Waals surface area contributed by atoms with E-state index in [0.29, 0.717) is 5.78 Å². The number of benzene rings is 2. The summed E-state index contributed by atoms with van der Waals surface area (Å²) in [4.78, 5) is 15.8. The van der Waals surface area contributed by atoms with Crippen molar-refractivity contribution in [3.63, 3.8) is 0 Å². The highest BCUT2D eigenvalue weighted by atomic mass is 16.1. The Morgan fingerprint density at radius 3 is 1.61 bits per heavy atom. The van der Waals surface area contributed by atoms with Crippen molar-refractivity contribution in [2.75, 3.05) is 26.2 Å². The number of Topliss-reactive ketones (excluding diaryl/α,β-unsaturated/α-hetero) is 1. The Labute approximate surface area is 186 Å². The van der Waals surface area contributed by atoms with Gasteiger partial charge >= 0.3 is 0 Å². The number of carbonyl (C=O) groups excluding carboxylic acids is 1. The summed E-state index contributed by atoms with van der Waals surface area (Å²) in [6.07, 6.45) is 3.55. The minimum Gasteiger partial charge on any atom is -0.300 e. The van der Waals surface area contributed by atoms with Crippen molar-refractivity contribution in [2.45, 2.75) is 45.7 Å². The largest absolute Gasteiger partial charge is 0.300 e. The van der Waals surface area contributed by atoms with Gasteiger partial charge < -0.3 is 0 Å². The van der Waals surface area contributed by atoms with Crippen molar-refractivity contribution in [2.24, 2.45) is 0 Å². The number of allylic oxidation sites excluding steroid dienone is 1. The summed E-state index contributed by atoms with van der Waals surface area (Å²) in [6.45, 7) is 7.93. The van der Waals surface area contributed by atoms with Gasteiger partial charge in [-0.3, -0.25) is 14.6 Å². The Kier molecular flexibility index (Phi) is 9.02.